The second-order valence-electron chi connectivity index (χ2n) is 3.00. The minimum absolute atomic E-state index is 0.238. The first kappa shape index (κ1) is 7.64. The fourth-order valence-corrected chi connectivity index (χ4v) is 1.36. The molecule has 66 valence electrons. The fraction of sp³-hybridized carbons (Fsp3) is 0.500. The standard InChI is InChI=1S/C8H13N3O/c9-7-5-10-11(6-7)8-1-3-12-4-2-8/h1-3,7,10H,4-6,9H2. The summed E-state index contributed by atoms with van der Waals surface area (Å²) in [6.07, 6.45) is 5.68. The molecule has 2 rings (SSSR count). The van der Waals surface area contributed by atoms with Gasteiger partial charge in [-0.2, -0.15) is 0 Å². The maximum Gasteiger partial charge on any atom is 0.108 e. The van der Waals surface area contributed by atoms with Crippen LogP contribution in [0.25, 0.3) is 0 Å². The molecule has 1 fully saturated rings. The summed E-state index contributed by atoms with van der Waals surface area (Å²) >= 11 is 0. The summed E-state index contributed by atoms with van der Waals surface area (Å²) in [6.45, 7) is 2.38. The summed E-state index contributed by atoms with van der Waals surface area (Å²) in [7, 11) is 0. The Labute approximate surface area is 71.6 Å². The van der Waals surface area contributed by atoms with Gasteiger partial charge in [0.15, 0.2) is 0 Å². The Morgan fingerprint density at radius 1 is 1.67 bits per heavy atom. The van der Waals surface area contributed by atoms with Crippen molar-refractivity contribution in [3.05, 3.63) is 24.1 Å². The predicted molar refractivity (Wildman–Crippen MR) is 45.9 cm³/mol. The lowest BCUT2D eigenvalue weighted by molar-refractivity contribution is 0.264. The number of nitrogens with two attached hydrogens (primary N) is 1. The highest BCUT2D eigenvalue weighted by Gasteiger charge is 2.19. The van der Waals surface area contributed by atoms with Crippen LogP contribution in [0.5, 0.6) is 0 Å². The van der Waals surface area contributed by atoms with Crippen LogP contribution in [0.1, 0.15) is 0 Å². The van der Waals surface area contributed by atoms with Gasteiger partial charge in [0, 0.05) is 12.6 Å². The average Bonchev–Trinajstić information content (AvgIpc) is 2.54. The predicted octanol–water partition coefficient (Wildman–Crippen LogP) is -0.438. The summed E-state index contributed by atoms with van der Waals surface area (Å²) in [5.74, 6) is 0. The van der Waals surface area contributed by atoms with Crippen LogP contribution in [-0.2, 0) is 4.74 Å². The first-order valence-corrected chi connectivity index (χ1v) is 4.11. The number of nitrogens with zero attached hydrogens (tertiary/aromatic N) is 1. The van der Waals surface area contributed by atoms with Crippen molar-refractivity contribution in [1.29, 1.82) is 0 Å². The molecule has 1 saturated heterocycles. The molecule has 0 aromatic heterocycles. The zero-order valence-electron chi connectivity index (χ0n) is 6.86. The van der Waals surface area contributed by atoms with Crippen molar-refractivity contribution in [3.8, 4) is 0 Å². The first-order chi connectivity index (χ1) is 5.86. The molecule has 2 aliphatic heterocycles. The topological polar surface area (TPSA) is 50.5 Å². The molecular formula is C8H13N3O. The van der Waals surface area contributed by atoms with E-state index in [0.29, 0.717) is 6.61 Å². The summed E-state index contributed by atoms with van der Waals surface area (Å²) in [6, 6.07) is 0.238. The Kier molecular flexibility index (Phi) is 2.01. The molecule has 0 saturated carbocycles. The average molecular weight is 167 g/mol. The van der Waals surface area contributed by atoms with Gasteiger partial charge < -0.3 is 15.5 Å². The van der Waals surface area contributed by atoms with Crippen molar-refractivity contribution < 1.29 is 4.74 Å². The highest BCUT2D eigenvalue weighted by atomic mass is 16.5. The molecule has 12 heavy (non-hydrogen) atoms. The Balaban J connectivity index is 2.00. The Morgan fingerprint density at radius 3 is 3.17 bits per heavy atom. The highest BCUT2D eigenvalue weighted by Crippen LogP contribution is 2.10. The maximum absolute atomic E-state index is 5.75. The van der Waals surface area contributed by atoms with Crippen LogP contribution in [0.2, 0.25) is 0 Å². The van der Waals surface area contributed by atoms with Crippen molar-refractivity contribution in [2.75, 3.05) is 19.7 Å². The van der Waals surface area contributed by atoms with Gasteiger partial charge in [0.05, 0.1) is 18.5 Å². The molecule has 4 nitrogen and oxygen atoms in total. The number of ether oxygens (including phenoxy) is 1. The van der Waals surface area contributed by atoms with Crippen LogP contribution in [-0.4, -0.2) is 30.7 Å². The van der Waals surface area contributed by atoms with Gasteiger partial charge in [-0.25, -0.2) is 5.43 Å². The SMILES string of the molecule is NC1CNN(C2=CCOC=C2)C1. The van der Waals surface area contributed by atoms with Gasteiger partial charge in [-0.1, -0.05) is 0 Å². The van der Waals surface area contributed by atoms with Gasteiger partial charge in [0.25, 0.3) is 0 Å². The van der Waals surface area contributed by atoms with E-state index in [2.05, 4.69) is 10.4 Å². The molecule has 2 aliphatic rings. The molecular weight excluding hydrogens is 154 g/mol. The Morgan fingerprint density at radius 2 is 2.58 bits per heavy atom. The Bertz CT molecular complexity index is 224. The molecule has 0 aliphatic carbocycles. The molecule has 2 heterocycles. The lowest BCUT2D eigenvalue weighted by atomic mass is 10.3. The van der Waals surface area contributed by atoms with Crippen LogP contribution >= 0.6 is 0 Å². The zero-order chi connectivity index (χ0) is 8.39. The molecule has 0 aromatic rings. The van der Waals surface area contributed by atoms with E-state index in [0.717, 1.165) is 18.8 Å². The van der Waals surface area contributed by atoms with Gasteiger partial charge in [-0.15, -0.1) is 0 Å². The molecule has 0 radical (unpaired) electrons. The zero-order valence-corrected chi connectivity index (χ0v) is 6.86. The number of hydrogen-bond acceptors (Lipinski definition) is 4. The van der Waals surface area contributed by atoms with Crippen LogP contribution in [0.15, 0.2) is 24.1 Å². The maximum atomic E-state index is 5.75. The van der Waals surface area contributed by atoms with Crippen molar-refractivity contribution in [3.63, 3.8) is 0 Å². The normalized spacial score (nSPS) is 28.6. The highest BCUT2D eigenvalue weighted by molar-refractivity contribution is 5.19. The van der Waals surface area contributed by atoms with E-state index < -0.39 is 0 Å². The number of rotatable bonds is 1. The van der Waals surface area contributed by atoms with Crippen molar-refractivity contribution in [2.45, 2.75) is 6.04 Å². The summed E-state index contributed by atoms with van der Waals surface area (Å²) in [5.41, 5.74) is 10.1. The van der Waals surface area contributed by atoms with E-state index in [9.17, 15) is 0 Å². The first-order valence-electron chi connectivity index (χ1n) is 4.11. The van der Waals surface area contributed by atoms with E-state index >= 15 is 0 Å². The van der Waals surface area contributed by atoms with Crippen LogP contribution in [0, 0.1) is 0 Å². The number of nitrogens with one attached hydrogen (secondary N) is 1. The molecule has 1 unspecified atom stereocenters. The lowest BCUT2D eigenvalue weighted by Crippen LogP contribution is -2.30. The van der Waals surface area contributed by atoms with Gasteiger partial charge in [-0.05, 0) is 12.2 Å². The van der Waals surface area contributed by atoms with Crippen LogP contribution in [0.3, 0.4) is 0 Å². The van der Waals surface area contributed by atoms with Crippen molar-refractivity contribution in [1.82, 2.24) is 10.4 Å². The summed E-state index contributed by atoms with van der Waals surface area (Å²) in [5, 5.41) is 2.06. The second kappa shape index (κ2) is 3.16. The van der Waals surface area contributed by atoms with E-state index in [-0.39, 0.29) is 6.04 Å². The number of hydrazine groups is 1. The van der Waals surface area contributed by atoms with Crippen LogP contribution in [0.4, 0.5) is 0 Å². The van der Waals surface area contributed by atoms with Gasteiger partial charge in [0.1, 0.15) is 6.61 Å². The summed E-state index contributed by atoms with van der Waals surface area (Å²) in [4.78, 5) is 0. The number of allylic oxidation sites excluding steroid dienone is 1. The van der Waals surface area contributed by atoms with E-state index in [1.807, 2.05) is 12.2 Å². The van der Waals surface area contributed by atoms with Gasteiger partial charge in [0.2, 0.25) is 0 Å². The molecule has 0 spiro atoms. The fourth-order valence-electron chi connectivity index (χ4n) is 1.36. The van der Waals surface area contributed by atoms with Gasteiger partial charge in [-0.3, -0.25) is 0 Å². The third-order valence-electron chi connectivity index (χ3n) is 2.00. The van der Waals surface area contributed by atoms with Crippen molar-refractivity contribution >= 4 is 0 Å². The minimum Gasteiger partial charge on any atom is -0.497 e. The van der Waals surface area contributed by atoms with Crippen molar-refractivity contribution in [2.24, 2.45) is 5.73 Å². The van der Waals surface area contributed by atoms with E-state index in [1.54, 1.807) is 6.26 Å². The van der Waals surface area contributed by atoms with Crippen LogP contribution < -0.4 is 11.2 Å². The second-order valence-corrected chi connectivity index (χ2v) is 3.00. The lowest BCUT2D eigenvalue weighted by Gasteiger charge is -2.20. The third-order valence-corrected chi connectivity index (χ3v) is 2.00. The van der Waals surface area contributed by atoms with E-state index in [4.69, 9.17) is 10.5 Å². The molecule has 0 aromatic carbocycles. The van der Waals surface area contributed by atoms with Gasteiger partial charge >= 0.3 is 0 Å². The molecule has 0 bridgehead atoms. The number of hydrogen-bond donors (Lipinski definition) is 2. The molecule has 3 N–H and O–H groups in total. The molecule has 0 amide bonds. The Hall–Kier alpha value is -1.00. The monoisotopic (exact) mass is 167 g/mol. The smallest absolute Gasteiger partial charge is 0.108 e. The summed E-state index contributed by atoms with van der Waals surface area (Å²) < 4.78 is 5.04. The molecule has 1 atom stereocenters. The third kappa shape index (κ3) is 1.44. The minimum atomic E-state index is 0.238. The molecule has 4 heteroatoms. The quantitative estimate of drug-likeness (QED) is 0.556. The largest absolute Gasteiger partial charge is 0.497 e. The van der Waals surface area contributed by atoms with E-state index in [1.165, 1.54) is 0 Å².